The van der Waals surface area contributed by atoms with Crippen LogP contribution in [-0.4, -0.2) is 117 Å². The number of hydrogen-bond donors (Lipinski definition) is 0. The molecule has 0 radical (unpaired) electrons. The molecule has 3 aromatic rings. The highest BCUT2D eigenvalue weighted by atomic mass is 35.5. The predicted molar refractivity (Wildman–Crippen MR) is 193 cm³/mol. The van der Waals surface area contributed by atoms with E-state index in [2.05, 4.69) is 0 Å². The van der Waals surface area contributed by atoms with E-state index in [-0.39, 0.29) is 42.2 Å². The first kappa shape index (κ1) is 39.3. The van der Waals surface area contributed by atoms with Crippen molar-refractivity contribution in [2.24, 2.45) is 4.99 Å². The second kappa shape index (κ2) is 17.8. The molecule has 2 aliphatic heterocycles. The highest BCUT2D eigenvalue weighted by Gasteiger charge is 2.45. The molecule has 1 fully saturated rings. The fourth-order valence-electron chi connectivity index (χ4n) is 6.32. The minimum Gasteiger partial charge on any atom is -0.493 e. The maximum atomic E-state index is 14.8. The van der Waals surface area contributed by atoms with E-state index in [9.17, 15) is 22.8 Å². The minimum absolute atomic E-state index is 0.0460. The van der Waals surface area contributed by atoms with Crippen LogP contribution in [0.15, 0.2) is 71.7 Å². The standard InChI is InChI=1S/C37H42Cl2F3N5O5/c1-4-52-31-23-27(37(40,41)42)9-14-30(31)35-43-33(25-5-10-28(38)11-6-25)34(26-7-12-29(39)13-8-26)47(35)36(49)46-17-15-44(16-18-46)24-32(48)45(19-21-50-2)20-22-51-3/h5-14,23,33-34H,4,15-22,24H2,1-3H3. The number of amidine groups is 1. The van der Waals surface area contributed by atoms with Crippen LogP contribution < -0.4 is 4.74 Å². The molecule has 5 rings (SSSR count). The van der Waals surface area contributed by atoms with Crippen LogP contribution in [0, 0.1) is 0 Å². The van der Waals surface area contributed by atoms with Crippen molar-refractivity contribution in [3.8, 4) is 5.75 Å². The number of halogens is 5. The van der Waals surface area contributed by atoms with Gasteiger partial charge in [0.25, 0.3) is 0 Å². The molecule has 0 aliphatic carbocycles. The molecule has 15 heteroatoms. The zero-order valence-corrected chi connectivity index (χ0v) is 30.8. The van der Waals surface area contributed by atoms with Crippen molar-refractivity contribution >= 4 is 41.0 Å². The SMILES string of the molecule is CCOc1cc(C(F)(F)F)ccc1C1=NC(c2ccc(Cl)cc2)C(c2ccc(Cl)cc2)N1C(=O)N1CCN(CC(=O)N(CCOC)CCOC)CC1. The Morgan fingerprint density at radius 2 is 1.44 bits per heavy atom. The third kappa shape index (κ3) is 9.37. The van der Waals surface area contributed by atoms with Crippen molar-refractivity contribution in [2.75, 3.05) is 79.9 Å². The van der Waals surface area contributed by atoms with Crippen molar-refractivity contribution in [1.29, 1.82) is 0 Å². The molecule has 280 valence electrons. The van der Waals surface area contributed by atoms with E-state index in [0.717, 1.165) is 23.3 Å². The zero-order valence-electron chi connectivity index (χ0n) is 29.2. The van der Waals surface area contributed by atoms with Crippen LogP contribution >= 0.6 is 23.2 Å². The summed E-state index contributed by atoms with van der Waals surface area (Å²) in [6, 6.07) is 15.6. The van der Waals surface area contributed by atoms with Crippen LogP contribution in [0.2, 0.25) is 10.0 Å². The topological polar surface area (TPSA) is 87.2 Å². The fourth-order valence-corrected chi connectivity index (χ4v) is 6.57. The van der Waals surface area contributed by atoms with Crippen molar-refractivity contribution in [3.63, 3.8) is 0 Å². The first-order valence-electron chi connectivity index (χ1n) is 16.9. The molecule has 0 bridgehead atoms. The van der Waals surface area contributed by atoms with Crippen molar-refractivity contribution < 1.29 is 37.0 Å². The Balaban J connectivity index is 1.50. The maximum Gasteiger partial charge on any atom is 0.416 e. The second-order valence-electron chi connectivity index (χ2n) is 12.4. The Labute approximate surface area is 311 Å². The summed E-state index contributed by atoms with van der Waals surface area (Å²) in [4.78, 5) is 40.0. The number of carbonyl (C=O) groups is 2. The van der Waals surface area contributed by atoms with Gasteiger partial charge in [-0.05, 0) is 60.5 Å². The summed E-state index contributed by atoms with van der Waals surface area (Å²) in [6.45, 7) is 5.05. The number of carbonyl (C=O) groups excluding carboxylic acids is 2. The van der Waals surface area contributed by atoms with Gasteiger partial charge in [-0.15, -0.1) is 0 Å². The molecule has 10 nitrogen and oxygen atoms in total. The fraction of sp³-hybridized carbons (Fsp3) is 0.432. The predicted octanol–water partition coefficient (Wildman–Crippen LogP) is 6.81. The third-order valence-electron chi connectivity index (χ3n) is 9.03. The van der Waals surface area contributed by atoms with Gasteiger partial charge >= 0.3 is 12.2 Å². The van der Waals surface area contributed by atoms with E-state index < -0.39 is 23.8 Å². The van der Waals surface area contributed by atoms with E-state index >= 15 is 0 Å². The summed E-state index contributed by atoms with van der Waals surface area (Å²) >= 11 is 12.5. The van der Waals surface area contributed by atoms with Gasteiger partial charge in [0.15, 0.2) is 0 Å². The first-order chi connectivity index (χ1) is 24.9. The summed E-state index contributed by atoms with van der Waals surface area (Å²) in [5.74, 6) is 0.0594. The molecule has 0 spiro atoms. The average molecular weight is 765 g/mol. The van der Waals surface area contributed by atoms with E-state index in [1.165, 1.54) is 6.07 Å². The van der Waals surface area contributed by atoms with Gasteiger partial charge in [0, 0.05) is 63.5 Å². The zero-order chi connectivity index (χ0) is 37.4. The number of alkyl halides is 3. The van der Waals surface area contributed by atoms with Gasteiger partial charge in [-0.25, -0.2) is 4.79 Å². The van der Waals surface area contributed by atoms with Crippen molar-refractivity contribution in [3.05, 3.63) is 99.0 Å². The summed E-state index contributed by atoms with van der Waals surface area (Å²) in [5.41, 5.74) is 0.832. The number of benzene rings is 3. The van der Waals surface area contributed by atoms with E-state index in [1.807, 2.05) is 29.2 Å². The van der Waals surface area contributed by atoms with Gasteiger partial charge in [0.2, 0.25) is 5.91 Å². The van der Waals surface area contributed by atoms with Crippen molar-refractivity contribution in [1.82, 2.24) is 19.6 Å². The highest BCUT2D eigenvalue weighted by molar-refractivity contribution is 6.30. The van der Waals surface area contributed by atoms with Crippen LogP contribution in [0.4, 0.5) is 18.0 Å². The number of amides is 3. The number of urea groups is 1. The maximum absolute atomic E-state index is 14.8. The molecule has 0 saturated carbocycles. The lowest BCUT2D eigenvalue weighted by atomic mass is 9.93. The van der Waals surface area contributed by atoms with Crippen LogP contribution in [0.5, 0.6) is 5.75 Å². The molecule has 1 saturated heterocycles. The summed E-state index contributed by atoms with van der Waals surface area (Å²) in [5, 5.41) is 1.01. The Morgan fingerprint density at radius 1 is 0.865 bits per heavy atom. The number of hydrogen-bond acceptors (Lipinski definition) is 7. The average Bonchev–Trinajstić information content (AvgIpc) is 3.52. The Hall–Kier alpha value is -3.88. The van der Waals surface area contributed by atoms with Crippen LogP contribution in [-0.2, 0) is 20.4 Å². The molecular weight excluding hydrogens is 722 g/mol. The number of aliphatic imine (C=N–C) groups is 1. The largest absolute Gasteiger partial charge is 0.493 e. The summed E-state index contributed by atoms with van der Waals surface area (Å²) < 4.78 is 57.6. The summed E-state index contributed by atoms with van der Waals surface area (Å²) in [7, 11) is 3.16. The quantitative estimate of drug-likeness (QED) is 0.190. The van der Waals surface area contributed by atoms with Crippen LogP contribution in [0.1, 0.15) is 41.3 Å². The second-order valence-corrected chi connectivity index (χ2v) is 13.2. The van der Waals surface area contributed by atoms with Crippen LogP contribution in [0.3, 0.4) is 0 Å². The first-order valence-corrected chi connectivity index (χ1v) is 17.7. The molecule has 2 atom stereocenters. The normalized spacial score (nSPS) is 18.0. The number of ether oxygens (including phenoxy) is 3. The number of rotatable bonds is 13. The van der Waals surface area contributed by atoms with E-state index in [4.69, 9.17) is 42.4 Å². The van der Waals surface area contributed by atoms with E-state index in [0.29, 0.717) is 62.5 Å². The van der Waals surface area contributed by atoms with Gasteiger partial charge in [-0.2, -0.15) is 13.2 Å². The Kier molecular flexibility index (Phi) is 13.4. The van der Waals surface area contributed by atoms with Gasteiger partial charge < -0.3 is 24.0 Å². The van der Waals surface area contributed by atoms with Gasteiger partial charge in [-0.3, -0.25) is 19.6 Å². The molecule has 0 aromatic heterocycles. The molecule has 2 unspecified atom stereocenters. The Bertz CT molecular complexity index is 1700. The number of piperazine rings is 1. The minimum atomic E-state index is -4.61. The monoisotopic (exact) mass is 763 g/mol. The lowest BCUT2D eigenvalue weighted by Gasteiger charge is -2.39. The van der Waals surface area contributed by atoms with Crippen LogP contribution in [0.25, 0.3) is 0 Å². The number of methoxy groups -OCH3 is 2. The van der Waals surface area contributed by atoms with Gasteiger partial charge in [-0.1, -0.05) is 47.5 Å². The number of nitrogens with zero attached hydrogens (tertiary/aromatic N) is 5. The molecule has 3 amide bonds. The molecule has 2 aliphatic rings. The smallest absolute Gasteiger partial charge is 0.416 e. The molecule has 0 N–H and O–H groups in total. The molecular formula is C37H42Cl2F3N5O5. The lowest BCUT2D eigenvalue weighted by molar-refractivity contribution is -0.137. The highest BCUT2D eigenvalue weighted by Crippen LogP contribution is 2.46. The molecule has 2 heterocycles. The van der Waals surface area contributed by atoms with Gasteiger partial charge in [0.05, 0.1) is 43.5 Å². The third-order valence-corrected chi connectivity index (χ3v) is 9.53. The lowest BCUT2D eigenvalue weighted by Crippen LogP contribution is -2.55. The molecule has 3 aromatic carbocycles. The Morgan fingerprint density at radius 3 is 1.98 bits per heavy atom. The van der Waals surface area contributed by atoms with Crippen molar-refractivity contribution in [2.45, 2.75) is 25.2 Å². The van der Waals surface area contributed by atoms with E-state index in [1.54, 1.807) is 60.1 Å². The summed E-state index contributed by atoms with van der Waals surface area (Å²) in [6.07, 6.45) is -4.61. The molecule has 52 heavy (non-hydrogen) atoms. The van der Waals surface area contributed by atoms with Gasteiger partial charge in [0.1, 0.15) is 17.6 Å².